The van der Waals surface area contributed by atoms with Gasteiger partial charge in [0.15, 0.2) is 0 Å². The van der Waals surface area contributed by atoms with E-state index in [0.717, 1.165) is 18.8 Å². The molecule has 6 nitrogen and oxygen atoms in total. The monoisotopic (exact) mass is 328 g/mol. The third kappa shape index (κ3) is 5.65. The van der Waals surface area contributed by atoms with Gasteiger partial charge in [0.25, 0.3) is 0 Å². The Bertz CT molecular complexity index is 566. The van der Waals surface area contributed by atoms with E-state index in [1.807, 2.05) is 13.8 Å². The van der Waals surface area contributed by atoms with Gasteiger partial charge in [0, 0.05) is 31.7 Å². The SMILES string of the molecule is CCN(CC)c1ccc(S(=O)(=O)NCCCCC(=O)O)cc1. The van der Waals surface area contributed by atoms with Crippen LogP contribution in [0, 0.1) is 0 Å². The van der Waals surface area contributed by atoms with Crippen molar-refractivity contribution in [2.45, 2.75) is 38.0 Å². The Balaban J connectivity index is 2.60. The van der Waals surface area contributed by atoms with E-state index in [0.29, 0.717) is 12.8 Å². The lowest BCUT2D eigenvalue weighted by atomic mass is 10.2. The van der Waals surface area contributed by atoms with Crippen molar-refractivity contribution in [3.63, 3.8) is 0 Å². The van der Waals surface area contributed by atoms with E-state index in [9.17, 15) is 13.2 Å². The maximum absolute atomic E-state index is 12.1. The molecular weight excluding hydrogens is 304 g/mol. The molecule has 1 aromatic rings. The molecule has 0 heterocycles. The van der Waals surface area contributed by atoms with Crippen molar-refractivity contribution in [3.8, 4) is 0 Å². The fourth-order valence-corrected chi connectivity index (χ4v) is 3.19. The normalized spacial score (nSPS) is 11.4. The number of aliphatic carboxylic acids is 1. The molecule has 124 valence electrons. The number of unbranched alkanes of at least 4 members (excludes halogenated alkanes) is 1. The maximum atomic E-state index is 12.1. The van der Waals surface area contributed by atoms with Crippen molar-refractivity contribution < 1.29 is 18.3 Å². The number of benzene rings is 1. The van der Waals surface area contributed by atoms with Crippen molar-refractivity contribution in [2.75, 3.05) is 24.5 Å². The van der Waals surface area contributed by atoms with Crippen LogP contribution in [0.4, 0.5) is 5.69 Å². The Morgan fingerprint density at radius 2 is 1.73 bits per heavy atom. The predicted octanol–water partition coefficient (Wildman–Crippen LogP) is 2.07. The number of hydrogen-bond acceptors (Lipinski definition) is 4. The number of carbonyl (C=O) groups is 1. The van der Waals surface area contributed by atoms with Crippen LogP contribution in [0.1, 0.15) is 33.1 Å². The van der Waals surface area contributed by atoms with Crippen LogP contribution in [0.3, 0.4) is 0 Å². The lowest BCUT2D eigenvalue weighted by Gasteiger charge is -2.21. The Hall–Kier alpha value is -1.60. The van der Waals surface area contributed by atoms with Gasteiger partial charge in [-0.2, -0.15) is 0 Å². The predicted molar refractivity (Wildman–Crippen MR) is 86.7 cm³/mol. The number of anilines is 1. The van der Waals surface area contributed by atoms with E-state index in [1.54, 1.807) is 24.3 Å². The molecule has 0 bridgehead atoms. The summed E-state index contributed by atoms with van der Waals surface area (Å²) >= 11 is 0. The number of carboxylic acid groups (broad SMARTS) is 1. The van der Waals surface area contributed by atoms with Gasteiger partial charge in [-0.25, -0.2) is 13.1 Å². The first-order valence-electron chi connectivity index (χ1n) is 7.47. The van der Waals surface area contributed by atoms with Crippen molar-refractivity contribution in [3.05, 3.63) is 24.3 Å². The summed E-state index contributed by atoms with van der Waals surface area (Å²) in [7, 11) is -3.53. The lowest BCUT2D eigenvalue weighted by Crippen LogP contribution is -2.25. The maximum Gasteiger partial charge on any atom is 0.303 e. The highest BCUT2D eigenvalue weighted by atomic mass is 32.2. The van der Waals surface area contributed by atoms with E-state index in [4.69, 9.17) is 5.11 Å². The first kappa shape index (κ1) is 18.4. The Kier molecular flexibility index (Phi) is 7.34. The van der Waals surface area contributed by atoms with Crippen molar-refractivity contribution in [1.82, 2.24) is 4.72 Å². The molecule has 0 aromatic heterocycles. The van der Waals surface area contributed by atoms with Gasteiger partial charge in [-0.3, -0.25) is 4.79 Å². The molecule has 0 unspecified atom stereocenters. The average Bonchev–Trinajstić information content (AvgIpc) is 2.48. The topological polar surface area (TPSA) is 86.7 Å². The summed E-state index contributed by atoms with van der Waals surface area (Å²) in [6, 6.07) is 6.78. The largest absolute Gasteiger partial charge is 0.481 e. The van der Waals surface area contributed by atoms with Crippen LogP contribution in [0.25, 0.3) is 0 Å². The molecule has 0 fully saturated rings. The molecule has 0 amide bonds. The Morgan fingerprint density at radius 1 is 1.14 bits per heavy atom. The van der Waals surface area contributed by atoms with Crippen LogP contribution in [0.5, 0.6) is 0 Å². The highest BCUT2D eigenvalue weighted by molar-refractivity contribution is 7.89. The number of rotatable bonds is 10. The zero-order valence-electron chi connectivity index (χ0n) is 13.1. The molecule has 1 aromatic carbocycles. The smallest absolute Gasteiger partial charge is 0.303 e. The molecule has 0 aliphatic rings. The summed E-state index contributed by atoms with van der Waals surface area (Å²) < 4.78 is 26.7. The van der Waals surface area contributed by atoms with Crippen LogP contribution < -0.4 is 9.62 Å². The second kappa shape index (κ2) is 8.75. The van der Waals surface area contributed by atoms with Crippen LogP contribution in [-0.4, -0.2) is 39.1 Å². The summed E-state index contributed by atoms with van der Waals surface area (Å²) in [5.74, 6) is -0.866. The quantitative estimate of drug-likeness (QED) is 0.642. The summed E-state index contributed by atoms with van der Waals surface area (Å²) in [6.45, 7) is 6.07. The molecule has 0 saturated carbocycles. The van der Waals surface area contributed by atoms with Crippen LogP contribution in [0.2, 0.25) is 0 Å². The fraction of sp³-hybridized carbons (Fsp3) is 0.533. The average molecular weight is 328 g/mol. The zero-order chi connectivity index (χ0) is 16.6. The molecule has 0 atom stereocenters. The van der Waals surface area contributed by atoms with Gasteiger partial charge in [0.05, 0.1) is 4.90 Å². The van der Waals surface area contributed by atoms with Gasteiger partial charge in [-0.15, -0.1) is 0 Å². The summed E-state index contributed by atoms with van der Waals surface area (Å²) in [6.07, 6.45) is 1.02. The van der Waals surface area contributed by atoms with Gasteiger partial charge in [0.1, 0.15) is 0 Å². The van der Waals surface area contributed by atoms with E-state index in [2.05, 4.69) is 9.62 Å². The zero-order valence-corrected chi connectivity index (χ0v) is 13.9. The first-order valence-corrected chi connectivity index (χ1v) is 8.95. The second-order valence-electron chi connectivity index (χ2n) is 4.91. The van der Waals surface area contributed by atoms with E-state index >= 15 is 0 Å². The third-order valence-electron chi connectivity index (χ3n) is 3.39. The summed E-state index contributed by atoms with van der Waals surface area (Å²) in [4.78, 5) is 12.7. The summed E-state index contributed by atoms with van der Waals surface area (Å²) in [5, 5.41) is 8.52. The van der Waals surface area contributed by atoms with Gasteiger partial charge in [-0.05, 0) is 51.0 Å². The minimum Gasteiger partial charge on any atom is -0.481 e. The lowest BCUT2D eigenvalue weighted by molar-refractivity contribution is -0.137. The van der Waals surface area contributed by atoms with Gasteiger partial charge < -0.3 is 10.0 Å². The molecule has 0 radical (unpaired) electrons. The number of nitrogens with zero attached hydrogens (tertiary/aromatic N) is 1. The molecule has 0 aliphatic heterocycles. The van der Waals surface area contributed by atoms with Gasteiger partial charge in [0.2, 0.25) is 10.0 Å². The standard InChI is InChI=1S/C15H24N2O4S/c1-3-17(4-2)13-8-10-14(11-9-13)22(20,21)16-12-6-5-7-15(18)19/h8-11,16H,3-7,12H2,1-2H3,(H,18,19). The molecule has 7 heteroatoms. The highest BCUT2D eigenvalue weighted by Crippen LogP contribution is 2.17. The fourth-order valence-electron chi connectivity index (χ4n) is 2.12. The minimum absolute atomic E-state index is 0.0558. The van der Waals surface area contributed by atoms with Gasteiger partial charge in [-0.1, -0.05) is 0 Å². The molecule has 0 aliphatic carbocycles. The first-order chi connectivity index (χ1) is 10.4. The Morgan fingerprint density at radius 3 is 2.23 bits per heavy atom. The van der Waals surface area contributed by atoms with Crippen LogP contribution in [0.15, 0.2) is 29.2 Å². The molecule has 2 N–H and O–H groups in total. The van der Waals surface area contributed by atoms with Crippen molar-refractivity contribution in [2.24, 2.45) is 0 Å². The number of sulfonamides is 1. The van der Waals surface area contributed by atoms with Crippen molar-refractivity contribution >= 4 is 21.7 Å². The summed E-state index contributed by atoms with van der Waals surface area (Å²) in [5.41, 5.74) is 0.991. The van der Waals surface area contributed by atoms with Crippen molar-refractivity contribution in [1.29, 1.82) is 0 Å². The van der Waals surface area contributed by atoms with Crippen LogP contribution >= 0.6 is 0 Å². The minimum atomic E-state index is -3.53. The van der Waals surface area contributed by atoms with E-state index in [-0.39, 0.29) is 17.9 Å². The van der Waals surface area contributed by atoms with Gasteiger partial charge >= 0.3 is 5.97 Å². The molecule has 1 rings (SSSR count). The third-order valence-corrected chi connectivity index (χ3v) is 4.86. The van der Waals surface area contributed by atoms with E-state index in [1.165, 1.54) is 0 Å². The number of hydrogen-bond donors (Lipinski definition) is 2. The van der Waals surface area contributed by atoms with Crippen LogP contribution in [-0.2, 0) is 14.8 Å². The molecule has 0 saturated heterocycles. The second-order valence-corrected chi connectivity index (χ2v) is 6.68. The highest BCUT2D eigenvalue weighted by Gasteiger charge is 2.13. The number of carboxylic acids is 1. The molecule has 22 heavy (non-hydrogen) atoms. The molecule has 0 spiro atoms. The van der Waals surface area contributed by atoms with E-state index < -0.39 is 16.0 Å². The molecular formula is C15H24N2O4S. The Labute approximate surface area is 132 Å². The number of nitrogens with one attached hydrogen (secondary N) is 1.